The molecule has 0 radical (unpaired) electrons. The van der Waals surface area contributed by atoms with Gasteiger partial charge in [0.05, 0.1) is 17.4 Å². The van der Waals surface area contributed by atoms with Crippen molar-refractivity contribution in [2.45, 2.75) is 26.3 Å². The minimum Gasteiger partial charge on any atom is -0.307 e. The molecule has 6 heteroatoms. The van der Waals surface area contributed by atoms with Crippen LogP contribution in [0.2, 0.25) is 0 Å². The average Bonchev–Trinajstić information content (AvgIpc) is 2.89. The fourth-order valence-electron chi connectivity index (χ4n) is 1.52. The third-order valence-corrected chi connectivity index (χ3v) is 3.26. The summed E-state index contributed by atoms with van der Waals surface area (Å²) < 4.78 is 0. The summed E-state index contributed by atoms with van der Waals surface area (Å²) in [6.45, 7) is 7.26. The van der Waals surface area contributed by atoms with E-state index in [0.717, 1.165) is 22.9 Å². The van der Waals surface area contributed by atoms with E-state index < -0.39 is 0 Å². The lowest BCUT2D eigenvalue weighted by atomic mass is 10.0. The average molecular weight is 237 g/mol. The van der Waals surface area contributed by atoms with Crippen LogP contribution in [-0.4, -0.2) is 26.9 Å². The van der Waals surface area contributed by atoms with Crippen molar-refractivity contribution in [1.82, 2.24) is 25.7 Å². The molecule has 0 atom stereocenters. The van der Waals surface area contributed by atoms with Crippen molar-refractivity contribution in [2.24, 2.45) is 0 Å². The van der Waals surface area contributed by atoms with Gasteiger partial charge in [0.25, 0.3) is 0 Å². The Balaban J connectivity index is 2.26. The summed E-state index contributed by atoms with van der Waals surface area (Å²) >= 11 is 1.59. The van der Waals surface area contributed by atoms with Crippen molar-refractivity contribution < 1.29 is 0 Å². The quantitative estimate of drug-likeness (QED) is 0.850. The zero-order valence-electron chi connectivity index (χ0n) is 9.61. The zero-order valence-corrected chi connectivity index (χ0v) is 10.4. The van der Waals surface area contributed by atoms with Gasteiger partial charge in [-0.1, -0.05) is 6.92 Å². The third kappa shape index (κ3) is 2.12. The smallest absolute Gasteiger partial charge is 0.145 e. The monoisotopic (exact) mass is 237 g/mol. The molecule has 0 spiro atoms. The summed E-state index contributed by atoms with van der Waals surface area (Å²) in [6.07, 6.45) is 1.68. The topological polar surface area (TPSA) is 66.5 Å². The van der Waals surface area contributed by atoms with E-state index in [2.05, 4.69) is 51.9 Å². The lowest BCUT2D eigenvalue weighted by Gasteiger charge is -2.23. The molecule has 0 bridgehead atoms. The molecule has 2 heterocycles. The van der Waals surface area contributed by atoms with Crippen molar-refractivity contribution in [3.8, 4) is 10.7 Å². The normalized spacial score (nSPS) is 11.9. The van der Waals surface area contributed by atoms with Crippen LogP contribution in [0.5, 0.6) is 0 Å². The summed E-state index contributed by atoms with van der Waals surface area (Å²) in [5.41, 5.74) is 1.73. The van der Waals surface area contributed by atoms with Crippen LogP contribution in [0.3, 0.4) is 0 Å². The predicted molar refractivity (Wildman–Crippen MR) is 64.2 cm³/mol. The van der Waals surface area contributed by atoms with Gasteiger partial charge in [0.1, 0.15) is 10.7 Å². The lowest BCUT2D eigenvalue weighted by molar-refractivity contribution is 0.406. The molecule has 0 aromatic carbocycles. The van der Waals surface area contributed by atoms with E-state index in [0.29, 0.717) is 0 Å². The molecule has 0 aliphatic rings. The van der Waals surface area contributed by atoms with Crippen LogP contribution in [0, 0.1) is 0 Å². The molecule has 0 aliphatic heterocycles. The second kappa shape index (κ2) is 4.31. The van der Waals surface area contributed by atoms with Crippen molar-refractivity contribution >= 4 is 11.3 Å². The highest BCUT2D eigenvalue weighted by molar-refractivity contribution is 7.13. The second-order valence-corrected chi connectivity index (χ2v) is 4.91. The highest BCUT2D eigenvalue weighted by atomic mass is 32.1. The predicted octanol–water partition coefficient (Wildman–Crippen LogP) is 1.77. The number of thiazole rings is 1. The first-order chi connectivity index (χ1) is 7.63. The van der Waals surface area contributed by atoms with Crippen LogP contribution in [0.15, 0.2) is 11.6 Å². The molecule has 2 N–H and O–H groups in total. The van der Waals surface area contributed by atoms with Gasteiger partial charge in [-0.3, -0.25) is 0 Å². The Labute approximate surface area is 98.3 Å². The van der Waals surface area contributed by atoms with Crippen LogP contribution in [0.4, 0.5) is 0 Å². The molecular weight excluding hydrogens is 222 g/mol. The van der Waals surface area contributed by atoms with E-state index >= 15 is 0 Å². The van der Waals surface area contributed by atoms with Gasteiger partial charge < -0.3 is 5.32 Å². The van der Waals surface area contributed by atoms with Crippen molar-refractivity contribution in [1.29, 1.82) is 0 Å². The molecule has 0 saturated carbocycles. The molecule has 2 rings (SSSR count). The molecule has 5 nitrogen and oxygen atoms in total. The maximum absolute atomic E-state index is 4.58. The summed E-state index contributed by atoms with van der Waals surface area (Å²) in [4.78, 5) is 4.58. The number of nitrogens with zero attached hydrogens (tertiary/aromatic N) is 3. The standard InChI is InChI=1S/C10H15N5S/c1-4-11-10(2,3)8-6-16-9(13-8)7-5-12-15-14-7/h5-6,11H,4H2,1-3H3,(H,12,14,15). The third-order valence-electron chi connectivity index (χ3n) is 2.40. The highest BCUT2D eigenvalue weighted by Crippen LogP contribution is 2.26. The SMILES string of the molecule is CCNC(C)(C)c1csc(-c2cn[nH]n2)n1. The van der Waals surface area contributed by atoms with E-state index in [9.17, 15) is 0 Å². The zero-order chi connectivity index (χ0) is 11.6. The van der Waals surface area contributed by atoms with Crippen LogP contribution >= 0.6 is 11.3 Å². The Morgan fingerprint density at radius 3 is 2.94 bits per heavy atom. The van der Waals surface area contributed by atoms with Crippen molar-refractivity contribution in [2.75, 3.05) is 6.54 Å². The van der Waals surface area contributed by atoms with Gasteiger partial charge in [-0.05, 0) is 20.4 Å². The molecule has 2 aromatic heterocycles. The number of hydrogen-bond donors (Lipinski definition) is 2. The molecule has 0 amide bonds. The first-order valence-electron chi connectivity index (χ1n) is 5.20. The minimum atomic E-state index is -0.104. The van der Waals surface area contributed by atoms with E-state index in [1.165, 1.54) is 0 Å². The highest BCUT2D eigenvalue weighted by Gasteiger charge is 2.22. The number of aromatic nitrogens is 4. The van der Waals surface area contributed by atoms with Crippen LogP contribution in [-0.2, 0) is 5.54 Å². The number of nitrogens with one attached hydrogen (secondary N) is 2. The van der Waals surface area contributed by atoms with Gasteiger partial charge in [-0.25, -0.2) is 4.98 Å². The van der Waals surface area contributed by atoms with Gasteiger partial charge in [0.15, 0.2) is 0 Å². The van der Waals surface area contributed by atoms with E-state index in [1.807, 2.05) is 0 Å². The Kier molecular flexibility index (Phi) is 3.02. The summed E-state index contributed by atoms with van der Waals surface area (Å²) in [6, 6.07) is 0. The molecule has 0 fully saturated rings. The number of H-pyrrole nitrogens is 1. The molecule has 0 saturated heterocycles. The molecule has 16 heavy (non-hydrogen) atoms. The maximum Gasteiger partial charge on any atom is 0.145 e. The Morgan fingerprint density at radius 1 is 1.50 bits per heavy atom. The van der Waals surface area contributed by atoms with E-state index in [1.54, 1.807) is 17.5 Å². The fourth-order valence-corrected chi connectivity index (χ4v) is 2.46. The molecule has 86 valence electrons. The van der Waals surface area contributed by atoms with Crippen molar-refractivity contribution in [3.63, 3.8) is 0 Å². The second-order valence-electron chi connectivity index (χ2n) is 4.05. The van der Waals surface area contributed by atoms with Crippen molar-refractivity contribution in [3.05, 3.63) is 17.3 Å². The number of aromatic amines is 1. The molecule has 0 unspecified atom stereocenters. The van der Waals surface area contributed by atoms with Crippen LogP contribution < -0.4 is 5.32 Å². The van der Waals surface area contributed by atoms with Crippen LogP contribution in [0.25, 0.3) is 10.7 Å². The number of rotatable bonds is 4. The summed E-state index contributed by atoms with van der Waals surface area (Å²) in [7, 11) is 0. The lowest BCUT2D eigenvalue weighted by Crippen LogP contribution is -2.36. The van der Waals surface area contributed by atoms with Gasteiger partial charge in [-0.2, -0.15) is 15.4 Å². The van der Waals surface area contributed by atoms with Crippen LogP contribution in [0.1, 0.15) is 26.5 Å². The molecular formula is C10H15N5S. The van der Waals surface area contributed by atoms with Gasteiger partial charge in [-0.15, -0.1) is 11.3 Å². The van der Waals surface area contributed by atoms with E-state index in [-0.39, 0.29) is 5.54 Å². The molecule has 0 aliphatic carbocycles. The summed E-state index contributed by atoms with van der Waals surface area (Å²) in [5.74, 6) is 0. The Morgan fingerprint density at radius 2 is 2.31 bits per heavy atom. The maximum atomic E-state index is 4.58. The minimum absolute atomic E-state index is 0.104. The molecule has 2 aromatic rings. The van der Waals surface area contributed by atoms with Gasteiger partial charge in [0, 0.05) is 5.38 Å². The summed E-state index contributed by atoms with van der Waals surface area (Å²) in [5, 5.41) is 16.8. The first kappa shape index (κ1) is 11.2. The number of hydrogen-bond acceptors (Lipinski definition) is 5. The fraction of sp³-hybridized carbons (Fsp3) is 0.500. The largest absolute Gasteiger partial charge is 0.307 e. The van der Waals surface area contributed by atoms with E-state index in [4.69, 9.17) is 0 Å². The first-order valence-corrected chi connectivity index (χ1v) is 6.08. The van der Waals surface area contributed by atoms with Gasteiger partial charge in [0.2, 0.25) is 0 Å². The Hall–Kier alpha value is -1.27. The van der Waals surface area contributed by atoms with Gasteiger partial charge >= 0.3 is 0 Å². The Bertz CT molecular complexity index is 445.